The molecule has 0 aromatic heterocycles. The molecule has 19 heavy (non-hydrogen) atoms. The number of phenolic OH excluding ortho intramolecular Hbond substituents is 1. The summed E-state index contributed by atoms with van der Waals surface area (Å²) in [6.45, 7) is 3.83. The van der Waals surface area contributed by atoms with Crippen LogP contribution >= 0.6 is 0 Å². The third-order valence-corrected chi connectivity index (χ3v) is 2.94. The van der Waals surface area contributed by atoms with Crippen molar-refractivity contribution in [1.29, 1.82) is 5.41 Å². The zero-order valence-corrected chi connectivity index (χ0v) is 11.3. The van der Waals surface area contributed by atoms with E-state index in [-0.39, 0.29) is 5.75 Å². The molecule has 98 valence electrons. The van der Waals surface area contributed by atoms with Crippen LogP contribution in [0.3, 0.4) is 0 Å². The fourth-order valence-corrected chi connectivity index (χ4v) is 1.96. The molecule has 4 nitrogen and oxygen atoms in total. The molecule has 1 aromatic carbocycles. The second-order valence-corrected chi connectivity index (χ2v) is 4.59. The number of hydrogen-bond acceptors (Lipinski definition) is 4. The van der Waals surface area contributed by atoms with Crippen LogP contribution in [0.2, 0.25) is 0 Å². The molecule has 0 unspecified atom stereocenters. The fraction of sp³-hybridized carbons (Fsp3) is 0.200. The fourth-order valence-electron chi connectivity index (χ4n) is 1.96. The van der Waals surface area contributed by atoms with Crippen LogP contribution in [0, 0.1) is 19.3 Å². The van der Waals surface area contributed by atoms with E-state index in [0.29, 0.717) is 17.1 Å². The van der Waals surface area contributed by atoms with E-state index in [2.05, 4.69) is 5.10 Å². The number of benzene rings is 1. The lowest BCUT2D eigenvalue weighted by Gasteiger charge is -2.18. The molecule has 0 aliphatic heterocycles. The van der Waals surface area contributed by atoms with Gasteiger partial charge in [0.2, 0.25) is 0 Å². The molecule has 1 aromatic rings. The molecular formula is C15H17N3O. The van der Waals surface area contributed by atoms with Crippen LogP contribution in [0.1, 0.15) is 11.1 Å². The van der Waals surface area contributed by atoms with E-state index >= 15 is 0 Å². The number of aromatic hydroxyl groups is 1. The zero-order chi connectivity index (χ0) is 14.0. The van der Waals surface area contributed by atoms with Crippen molar-refractivity contribution in [2.24, 2.45) is 5.10 Å². The van der Waals surface area contributed by atoms with Gasteiger partial charge < -0.3 is 5.11 Å². The Balaban J connectivity index is 2.38. The van der Waals surface area contributed by atoms with Crippen molar-refractivity contribution in [3.63, 3.8) is 0 Å². The van der Waals surface area contributed by atoms with Gasteiger partial charge in [0, 0.05) is 7.05 Å². The third-order valence-electron chi connectivity index (χ3n) is 2.94. The highest BCUT2D eigenvalue weighted by Crippen LogP contribution is 2.31. The van der Waals surface area contributed by atoms with Crippen molar-refractivity contribution < 1.29 is 5.11 Å². The van der Waals surface area contributed by atoms with Crippen molar-refractivity contribution in [3.8, 4) is 5.75 Å². The van der Waals surface area contributed by atoms with E-state index in [1.807, 2.05) is 32.1 Å². The Morgan fingerprint density at radius 3 is 2.53 bits per heavy atom. The Bertz CT molecular complexity index is 612. The van der Waals surface area contributed by atoms with Gasteiger partial charge in [-0.05, 0) is 43.2 Å². The van der Waals surface area contributed by atoms with Crippen molar-refractivity contribution in [1.82, 2.24) is 0 Å². The summed E-state index contributed by atoms with van der Waals surface area (Å²) in [6, 6.07) is 3.80. The van der Waals surface area contributed by atoms with Crippen LogP contribution in [0.5, 0.6) is 5.75 Å². The predicted molar refractivity (Wildman–Crippen MR) is 79.4 cm³/mol. The van der Waals surface area contributed by atoms with Gasteiger partial charge in [-0.25, -0.2) is 0 Å². The second kappa shape index (κ2) is 5.10. The Morgan fingerprint density at radius 1 is 1.16 bits per heavy atom. The predicted octanol–water partition coefficient (Wildman–Crippen LogP) is 2.95. The Kier molecular flexibility index (Phi) is 3.51. The van der Waals surface area contributed by atoms with Gasteiger partial charge in [-0.15, -0.1) is 0 Å². The number of rotatable bonds is 2. The molecule has 0 atom stereocenters. The van der Waals surface area contributed by atoms with E-state index in [1.165, 1.54) is 0 Å². The average molecular weight is 255 g/mol. The van der Waals surface area contributed by atoms with E-state index in [1.54, 1.807) is 30.3 Å². The minimum absolute atomic E-state index is 0.222. The minimum atomic E-state index is 0.222. The van der Waals surface area contributed by atoms with Gasteiger partial charge in [-0.1, -0.05) is 18.2 Å². The quantitative estimate of drug-likeness (QED) is 0.630. The molecule has 1 aliphatic carbocycles. The van der Waals surface area contributed by atoms with Crippen molar-refractivity contribution in [2.75, 3.05) is 12.1 Å². The maximum absolute atomic E-state index is 10.1. The molecule has 2 rings (SSSR count). The van der Waals surface area contributed by atoms with Crippen LogP contribution in [0.15, 0.2) is 41.5 Å². The summed E-state index contributed by atoms with van der Waals surface area (Å²) in [5.41, 5.74) is 3.45. The summed E-state index contributed by atoms with van der Waals surface area (Å²) >= 11 is 0. The van der Waals surface area contributed by atoms with Gasteiger partial charge in [0.05, 0.1) is 5.71 Å². The molecule has 4 heteroatoms. The number of aryl methyl sites for hydroxylation is 2. The van der Waals surface area contributed by atoms with Gasteiger partial charge in [0.25, 0.3) is 0 Å². The number of hydrogen-bond donors (Lipinski definition) is 2. The van der Waals surface area contributed by atoms with Gasteiger partial charge >= 0.3 is 0 Å². The van der Waals surface area contributed by atoms with Crippen LogP contribution in [0.25, 0.3) is 0 Å². The summed E-state index contributed by atoms with van der Waals surface area (Å²) < 4.78 is 0. The Morgan fingerprint density at radius 2 is 1.84 bits per heavy atom. The summed E-state index contributed by atoms with van der Waals surface area (Å²) in [5, 5.41) is 23.8. The SMILES string of the molecule is Cc1cc(C)c(O)c(N(C)/N=C2/C=CC=CC2=N)c1. The van der Waals surface area contributed by atoms with E-state index in [9.17, 15) is 5.11 Å². The normalized spacial score (nSPS) is 16.2. The average Bonchev–Trinajstić information content (AvgIpc) is 2.36. The van der Waals surface area contributed by atoms with Gasteiger partial charge in [-0.2, -0.15) is 5.10 Å². The zero-order valence-electron chi connectivity index (χ0n) is 11.3. The molecular weight excluding hydrogens is 238 g/mol. The highest BCUT2D eigenvalue weighted by Gasteiger charge is 2.11. The smallest absolute Gasteiger partial charge is 0.143 e. The molecule has 1 aliphatic rings. The van der Waals surface area contributed by atoms with Crippen molar-refractivity contribution in [2.45, 2.75) is 13.8 Å². The Hall–Kier alpha value is -2.36. The van der Waals surface area contributed by atoms with Gasteiger partial charge in [0.15, 0.2) is 0 Å². The van der Waals surface area contributed by atoms with Gasteiger partial charge in [-0.3, -0.25) is 10.4 Å². The first-order valence-corrected chi connectivity index (χ1v) is 6.05. The lowest BCUT2D eigenvalue weighted by Crippen LogP contribution is -2.18. The molecule has 0 bridgehead atoms. The standard InChI is InChI=1S/C15H17N3O/c1-10-8-11(2)15(19)14(9-10)18(3)17-13-7-5-4-6-12(13)16/h4-9,16,19H,1-3H3/b16-12?,17-13-. The molecule has 0 saturated carbocycles. The van der Waals surface area contributed by atoms with E-state index in [4.69, 9.17) is 5.41 Å². The molecule has 0 radical (unpaired) electrons. The number of anilines is 1. The molecule has 0 saturated heterocycles. The maximum atomic E-state index is 10.1. The minimum Gasteiger partial charge on any atom is -0.505 e. The molecule has 0 heterocycles. The highest BCUT2D eigenvalue weighted by molar-refractivity contribution is 6.50. The first-order valence-electron chi connectivity index (χ1n) is 6.05. The number of nitrogens with zero attached hydrogens (tertiary/aromatic N) is 2. The van der Waals surface area contributed by atoms with E-state index < -0.39 is 0 Å². The van der Waals surface area contributed by atoms with Crippen LogP contribution < -0.4 is 5.01 Å². The monoisotopic (exact) mass is 255 g/mol. The molecule has 0 amide bonds. The van der Waals surface area contributed by atoms with Gasteiger partial charge in [0.1, 0.15) is 17.1 Å². The molecule has 0 fully saturated rings. The van der Waals surface area contributed by atoms with E-state index in [0.717, 1.165) is 11.1 Å². The summed E-state index contributed by atoms with van der Waals surface area (Å²) in [5.74, 6) is 0.222. The molecule has 2 N–H and O–H groups in total. The summed E-state index contributed by atoms with van der Waals surface area (Å²) in [6.07, 6.45) is 7.11. The number of hydrazone groups is 1. The summed E-state index contributed by atoms with van der Waals surface area (Å²) in [4.78, 5) is 0. The van der Waals surface area contributed by atoms with Crippen LogP contribution in [0.4, 0.5) is 5.69 Å². The number of nitrogens with one attached hydrogen (secondary N) is 1. The first kappa shape index (κ1) is 13.1. The largest absolute Gasteiger partial charge is 0.505 e. The van der Waals surface area contributed by atoms with Crippen LogP contribution in [-0.4, -0.2) is 23.6 Å². The topological polar surface area (TPSA) is 59.7 Å². The third kappa shape index (κ3) is 2.73. The van der Waals surface area contributed by atoms with Crippen LogP contribution in [-0.2, 0) is 0 Å². The number of phenols is 1. The highest BCUT2D eigenvalue weighted by atomic mass is 16.3. The van der Waals surface area contributed by atoms with Crippen molar-refractivity contribution >= 4 is 17.1 Å². The lowest BCUT2D eigenvalue weighted by atomic mass is 10.1. The van der Waals surface area contributed by atoms with Crippen molar-refractivity contribution in [3.05, 3.63) is 47.6 Å². The second-order valence-electron chi connectivity index (χ2n) is 4.59. The summed E-state index contributed by atoms with van der Waals surface area (Å²) in [7, 11) is 1.76. The number of allylic oxidation sites excluding steroid dienone is 4. The molecule has 0 spiro atoms. The lowest BCUT2D eigenvalue weighted by molar-refractivity contribution is 0.471. The first-order chi connectivity index (χ1) is 8.99. The Labute approximate surface area is 112 Å². The maximum Gasteiger partial charge on any atom is 0.143 e.